The number of ether oxygens (including phenoxy) is 1. The molecule has 23 heavy (non-hydrogen) atoms. The second-order valence-corrected chi connectivity index (χ2v) is 5.30. The first-order valence-corrected chi connectivity index (χ1v) is 7.85. The zero-order valence-corrected chi connectivity index (χ0v) is 14.0. The molecule has 0 saturated heterocycles. The van der Waals surface area contributed by atoms with Gasteiger partial charge in [0, 0.05) is 20.1 Å². The molecule has 2 aromatic rings. The molecule has 0 fully saturated rings. The third-order valence-corrected chi connectivity index (χ3v) is 3.41. The van der Waals surface area contributed by atoms with E-state index in [9.17, 15) is 4.79 Å². The van der Waals surface area contributed by atoms with Crippen LogP contribution < -0.4 is 10.1 Å². The van der Waals surface area contributed by atoms with Crippen molar-refractivity contribution in [2.75, 3.05) is 33.8 Å². The van der Waals surface area contributed by atoms with Crippen molar-refractivity contribution in [1.29, 1.82) is 0 Å². The van der Waals surface area contributed by atoms with Gasteiger partial charge in [0.25, 0.3) is 5.91 Å². The number of hydrogen-bond donors (Lipinski definition) is 1. The highest BCUT2D eigenvalue weighted by atomic mass is 16.5. The first kappa shape index (κ1) is 17.0. The monoisotopic (exact) mass is 316 g/mol. The SMILES string of the molecule is CCCOc1cn(-c2ccccc2)nc1C(=O)N(C)CCNC. The van der Waals surface area contributed by atoms with Gasteiger partial charge in [-0.15, -0.1) is 0 Å². The molecule has 0 spiro atoms. The molecule has 2 rings (SSSR count). The van der Waals surface area contributed by atoms with Crippen molar-refractivity contribution in [3.05, 3.63) is 42.2 Å². The number of nitrogens with zero attached hydrogens (tertiary/aromatic N) is 3. The van der Waals surface area contributed by atoms with Crippen molar-refractivity contribution in [3.63, 3.8) is 0 Å². The molecule has 1 amide bonds. The molecule has 6 nitrogen and oxygen atoms in total. The van der Waals surface area contributed by atoms with Crippen LogP contribution in [-0.4, -0.2) is 54.4 Å². The summed E-state index contributed by atoms with van der Waals surface area (Å²) in [6, 6.07) is 9.69. The maximum atomic E-state index is 12.6. The van der Waals surface area contributed by atoms with Crippen LogP contribution in [0.2, 0.25) is 0 Å². The van der Waals surface area contributed by atoms with Crippen LogP contribution in [0.1, 0.15) is 23.8 Å². The molecule has 124 valence electrons. The molecule has 0 aliphatic carbocycles. The normalized spacial score (nSPS) is 10.6. The Labute approximate surface area is 137 Å². The quantitative estimate of drug-likeness (QED) is 0.809. The largest absolute Gasteiger partial charge is 0.489 e. The highest BCUT2D eigenvalue weighted by molar-refractivity contribution is 5.94. The van der Waals surface area contributed by atoms with E-state index in [1.165, 1.54) is 0 Å². The molecule has 6 heteroatoms. The number of amides is 1. The highest BCUT2D eigenvalue weighted by Crippen LogP contribution is 2.21. The lowest BCUT2D eigenvalue weighted by atomic mass is 10.3. The van der Waals surface area contributed by atoms with E-state index in [-0.39, 0.29) is 5.91 Å². The summed E-state index contributed by atoms with van der Waals surface area (Å²) in [5.74, 6) is 0.387. The van der Waals surface area contributed by atoms with Gasteiger partial charge in [-0.05, 0) is 25.6 Å². The summed E-state index contributed by atoms with van der Waals surface area (Å²) in [6.45, 7) is 3.93. The lowest BCUT2D eigenvalue weighted by Crippen LogP contribution is -2.33. The summed E-state index contributed by atoms with van der Waals surface area (Å²) >= 11 is 0. The van der Waals surface area contributed by atoms with Crippen molar-refractivity contribution < 1.29 is 9.53 Å². The Kier molecular flexibility index (Phi) is 6.17. The van der Waals surface area contributed by atoms with Crippen molar-refractivity contribution in [3.8, 4) is 11.4 Å². The number of para-hydroxylation sites is 1. The van der Waals surface area contributed by atoms with E-state index in [4.69, 9.17) is 4.74 Å². The molecule has 0 saturated carbocycles. The standard InChI is InChI=1S/C17H24N4O2/c1-4-12-23-15-13-21(14-8-6-5-7-9-14)19-16(15)17(22)20(3)11-10-18-2/h5-9,13,18H,4,10-12H2,1-3H3. The van der Waals surface area contributed by atoms with Crippen molar-refractivity contribution in [2.45, 2.75) is 13.3 Å². The number of aromatic nitrogens is 2. The van der Waals surface area contributed by atoms with Gasteiger partial charge in [-0.25, -0.2) is 4.68 Å². The molecule has 0 bridgehead atoms. The summed E-state index contributed by atoms with van der Waals surface area (Å²) in [5.41, 5.74) is 1.24. The first-order chi connectivity index (χ1) is 11.2. The third-order valence-electron chi connectivity index (χ3n) is 3.41. The van der Waals surface area contributed by atoms with Crippen molar-refractivity contribution >= 4 is 5.91 Å². The molecule has 1 N–H and O–H groups in total. The van der Waals surface area contributed by atoms with Crippen LogP contribution in [0.15, 0.2) is 36.5 Å². The molecular weight excluding hydrogens is 292 g/mol. The molecule has 0 radical (unpaired) electrons. The molecule has 0 aliphatic heterocycles. The van der Waals surface area contributed by atoms with Crippen LogP contribution >= 0.6 is 0 Å². The van der Waals surface area contributed by atoms with E-state index < -0.39 is 0 Å². The van der Waals surface area contributed by atoms with E-state index in [1.807, 2.05) is 44.3 Å². The highest BCUT2D eigenvalue weighted by Gasteiger charge is 2.21. The molecule has 1 aromatic heterocycles. The fourth-order valence-electron chi connectivity index (χ4n) is 2.10. The zero-order valence-electron chi connectivity index (χ0n) is 14.0. The van der Waals surface area contributed by atoms with Gasteiger partial charge in [-0.2, -0.15) is 5.10 Å². The van der Waals surface area contributed by atoms with Gasteiger partial charge in [-0.1, -0.05) is 25.1 Å². The number of rotatable bonds is 8. The van der Waals surface area contributed by atoms with E-state index in [0.717, 1.165) is 18.7 Å². The van der Waals surface area contributed by atoms with E-state index in [2.05, 4.69) is 10.4 Å². The first-order valence-electron chi connectivity index (χ1n) is 7.85. The minimum absolute atomic E-state index is 0.138. The number of hydrogen-bond acceptors (Lipinski definition) is 4. The second kappa shape index (κ2) is 8.33. The smallest absolute Gasteiger partial charge is 0.278 e. The summed E-state index contributed by atoms with van der Waals surface area (Å²) in [6.07, 6.45) is 2.64. The second-order valence-electron chi connectivity index (χ2n) is 5.30. The molecule has 1 heterocycles. The Hall–Kier alpha value is -2.34. The topological polar surface area (TPSA) is 59.4 Å². The van der Waals surface area contributed by atoms with Gasteiger partial charge in [0.15, 0.2) is 11.4 Å². The summed E-state index contributed by atoms with van der Waals surface area (Å²) in [7, 11) is 3.63. The Morgan fingerprint density at radius 2 is 2.09 bits per heavy atom. The average molecular weight is 316 g/mol. The third kappa shape index (κ3) is 4.32. The predicted octanol–water partition coefficient (Wildman–Crippen LogP) is 1.95. The van der Waals surface area contributed by atoms with Crippen LogP contribution in [0.4, 0.5) is 0 Å². The molecule has 0 unspecified atom stereocenters. The maximum Gasteiger partial charge on any atom is 0.278 e. The number of benzene rings is 1. The summed E-state index contributed by atoms with van der Waals surface area (Å²) in [4.78, 5) is 14.3. The number of nitrogens with one attached hydrogen (secondary N) is 1. The van der Waals surface area contributed by atoms with Gasteiger partial charge in [-0.3, -0.25) is 4.79 Å². The van der Waals surface area contributed by atoms with E-state index >= 15 is 0 Å². The summed E-state index contributed by atoms with van der Waals surface area (Å²) in [5, 5.41) is 7.48. The van der Waals surface area contributed by atoms with Crippen LogP contribution in [0, 0.1) is 0 Å². The zero-order chi connectivity index (χ0) is 16.7. The van der Waals surface area contributed by atoms with Gasteiger partial charge in [0.1, 0.15) is 0 Å². The summed E-state index contributed by atoms with van der Waals surface area (Å²) < 4.78 is 7.40. The minimum Gasteiger partial charge on any atom is -0.489 e. The number of carbonyl (C=O) groups is 1. The molecule has 0 aliphatic rings. The molecule has 0 atom stereocenters. The van der Waals surface area contributed by atoms with Gasteiger partial charge < -0.3 is 15.0 Å². The Morgan fingerprint density at radius 3 is 2.74 bits per heavy atom. The molecule has 1 aromatic carbocycles. The average Bonchev–Trinajstić information content (AvgIpc) is 3.02. The molecular formula is C17H24N4O2. The van der Waals surface area contributed by atoms with Gasteiger partial charge in [0.05, 0.1) is 18.5 Å². The Bertz CT molecular complexity index is 625. The van der Waals surface area contributed by atoms with Crippen LogP contribution in [0.5, 0.6) is 5.75 Å². The van der Waals surface area contributed by atoms with E-state index in [0.29, 0.717) is 24.6 Å². The van der Waals surface area contributed by atoms with Crippen LogP contribution in [-0.2, 0) is 0 Å². The van der Waals surface area contributed by atoms with Crippen molar-refractivity contribution in [1.82, 2.24) is 20.0 Å². The van der Waals surface area contributed by atoms with E-state index in [1.54, 1.807) is 22.8 Å². The Morgan fingerprint density at radius 1 is 1.35 bits per heavy atom. The number of carbonyl (C=O) groups excluding carboxylic acids is 1. The number of likely N-dealkylation sites (N-methyl/N-ethyl adjacent to an activating group) is 2. The lowest BCUT2D eigenvalue weighted by Gasteiger charge is -2.16. The van der Waals surface area contributed by atoms with Gasteiger partial charge in [0.2, 0.25) is 0 Å². The predicted molar refractivity (Wildman–Crippen MR) is 90.2 cm³/mol. The van der Waals surface area contributed by atoms with Crippen LogP contribution in [0.25, 0.3) is 5.69 Å². The van der Waals surface area contributed by atoms with Gasteiger partial charge >= 0.3 is 0 Å². The Balaban J connectivity index is 2.28. The lowest BCUT2D eigenvalue weighted by molar-refractivity contribution is 0.0786. The minimum atomic E-state index is -0.138. The fourth-order valence-corrected chi connectivity index (χ4v) is 2.10. The maximum absolute atomic E-state index is 12.6. The van der Waals surface area contributed by atoms with Crippen LogP contribution in [0.3, 0.4) is 0 Å². The fraction of sp³-hybridized carbons (Fsp3) is 0.412. The van der Waals surface area contributed by atoms with Crippen molar-refractivity contribution in [2.24, 2.45) is 0 Å².